The van der Waals surface area contributed by atoms with Gasteiger partial charge >= 0.3 is 0 Å². The van der Waals surface area contributed by atoms with E-state index in [1.165, 1.54) is 4.88 Å². The molecule has 1 aromatic rings. The summed E-state index contributed by atoms with van der Waals surface area (Å²) in [4.78, 5) is 17.6. The predicted molar refractivity (Wildman–Crippen MR) is 56.4 cm³/mol. The molecule has 0 radical (unpaired) electrons. The van der Waals surface area contributed by atoms with Gasteiger partial charge in [0.2, 0.25) is 0 Å². The van der Waals surface area contributed by atoms with E-state index in [4.69, 9.17) is 0 Å². The Labute approximate surface area is 86.0 Å². The molecule has 2 N–H and O–H groups in total. The fraction of sp³-hybridized carbons (Fsp3) is 0.333. The summed E-state index contributed by atoms with van der Waals surface area (Å²) >= 11 is 1.62. The maximum atomic E-state index is 11.5. The van der Waals surface area contributed by atoms with Crippen molar-refractivity contribution in [1.82, 2.24) is 10.6 Å². The van der Waals surface area contributed by atoms with Crippen molar-refractivity contribution < 1.29 is 4.79 Å². The number of aryl methyl sites for hydroxylation is 1. The number of nitrogens with zero attached hydrogens (tertiary/aromatic N) is 1. The second kappa shape index (κ2) is 3.42. The number of rotatable bonds is 1. The van der Waals surface area contributed by atoms with Gasteiger partial charge in [0, 0.05) is 16.8 Å². The summed E-state index contributed by atoms with van der Waals surface area (Å²) in [6.07, 6.45) is 0. The van der Waals surface area contributed by atoms with E-state index in [0.717, 1.165) is 4.88 Å². The van der Waals surface area contributed by atoms with E-state index in [-0.39, 0.29) is 11.9 Å². The second-order valence-electron chi connectivity index (χ2n) is 3.09. The van der Waals surface area contributed by atoms with E-state index in [0.29, 0.717) is 5.96 Å². The Kier molecular flexibility index (Phi) is 2.25. The monoisotopic (exact) mass is 209 g/mol. The first-order valence-electron chi connectivity index (χ1n) is 4.31. The summed E-state index contributed by atoms with van der Waals surface area (Å²) in [5.74, 6) is 0.513. The number of thiophene rings is 1. The van der Waals surface area contributed by atoms with Gasteiger partial charge in [0.15, 0.2) is 5.96 Å². The van der Waals surface area contributed by atoms with Gasteiger partial charge in [-0.2, -0.15) is 0 Å². The van der Waals surface area contributed by atoms with E-state index >= 15 is 0 Å². The molecular formula is C9H11N3OS. The predicted octanol–water partition coefficient (Wildman–Crippen LogP) is 0.803. The fourth-order valence-corrected chi connectivity index (χ4v) is 2.28. The number of carbonyl (C=O) groups is 1. The van der Waals surface area contributed by atoms with Gasteiger partial charge in [0.25, 0.3) is 5.91 Å². The lowest BCUT2D eigenvalue weighted by Gasteiger charge is -2.03. The van der Waals surface area contributed by atoms with E-state index < -0.39 is 0 Å². The van der Waals surface area contributed by atoms with Crippen molar-refractivity contribution in [2.75, 3.05) is 7.05 Å². The highest BCUT2D eigenvalue weighted by atomic mass is 32.1. The molecule has 1 aliphatic rings. The molecule has 2 heterocycles. The Morgan fingerprint density at radius 1 is 1.50 bits per heavy atom. The molecule has 1 fully saturated rings. The van der Waals surface area contributed by atoms with Crippen molar-refractivity contribution in [3.05, 3.63) is 21.9 Å². The van der Waals surface area contributed by atoms with Crippen LogP contribution in [0, 0.1) is 6.92 Å². The van der Waals surface area contributed by atoms with Crippen LogP contribution in [0.2, 0.25) is 0 Å². The zero-order valence-corrected chi connectivity index (χ0v) is 8.81. The standard InChI is InChI=1S/C9H11N3OS/c1-5-3-4-6(14-5)7-8(13)12-9(10-2)11-7/h3-4,7H,1-2H3,(H2,10,11,12,13). The average molecular weight is 209 g/mol. The van der Waals surface area contributed by atoms with Crippen LogP contribution >= 0.6 is 11.3 Å². The summed E-state index contributed by atoms with van der Waals surface area (Å²) in [5.41, 5.74) is 0. The van der Waals surface area contributed by atoms with Crippen LogP contribution in [0.15, 0.2) is 17.1 Å². The van der Waals surface area contributed by atoms with Crippen LogP contribution in [0.25, 0.3) is 0 Å². The minimum Gasteiger partial charge on any atom is -0.340 e. The van der Waals surface area contributed by atoms with Crippen molar-refractivity contribution in [2.24, 2.45) is 4.99 Å². The Morgan fingerprint density at radius 2 is 2.29 bits per heavy atom. The molecule has 0 bridgehead atoms. The van der Waals surface area contributed by atoms with Crippen molar-refractivity contribution in [3.63, 3.8) is 0 Å². The third-order valence-electron chi connectivity index (χ3n) is 2.05. The SMILES string of the molecule is CN=C1NC(=O)C(c2ccc(C)s2)N1. The number of amides is 1. The molecule has 1 aromatic heterocycles. The molecule has 1 atom stereocenters. The highest BCUT2D eigenvalue weighted by Gasteiger charge is 2.30. The van der Waals surface area contributed by atoms with E-state index in [2.05, 4.69) is 15.6 Å². The fourth-order valence-electron chi connectivity index (χ4n) is 1.36. The van der Waals surface area contributed by atoms with Crippen LogP contribution in [0.3, 0.4) is 0 Å². The van der Waals surface area contributed by atoms with Gasteiger partial charge in [-0.1, -0.05) is 0 Å². The minimum absolute atomic E-state index is 0.0348. The van der Waals surface area contributed by atoms with Gasteiger partial charge in [0.05, 0.1) is 0 Å². The van der Waals surface area contributed by atoms with Crippen molar-refractivity contribution in [2.45, 2.75) is 13.0 Å². The normalized spacial score (nSPS) is 23.7. The van der Waals surface area contributed by atoms with Crippen LogP contribution < -0.4 is 10.6 Å². The number of hydrogen-bond acceptors (Lipinski definition) is 3. The van der Waals surface area contributed by atoms with Gasteiger partial charge in [0.1, 0.15) is 6.04 Å². The van der Waals surface area contributed by atoms with Crippen LogP contribution in [-0.2, 0) is 4.79 Å². The highest BCUT2D eigenvalue weighted by molar-refractivity contribution is 7.12. The third-order valence-corrected chi connectivity index (χ3v) is 3.12. The Hall–Kier alpha value is -1.36. The first kappa shape index (κ1) is 9.21. The largest absolute Gasteiger partial charge is 0.340 e. The zero-order chi connectivity index (χ0) is 10.1. The molecular weight excluding hydrogens is 198 g/mol. The maximum Gasteiger partial charge on any atom is 0.254 e. The Balaban J connectivity index is 2.24. The number of aliphatic imine (C=N–C) groups is 1. The average Bonchev–Trinajstić information content (AvgIpc) is 2.71. The molecule has 1 saturated heterocycles. The van der Waals surface area contributed by atoms with Gasteiger partial charge < -0.3 is 5.32 Å². The summed E-state index contributed by atoms with van der Waals surface area (Å²) in [6.45, 7) is 2.02. The molecule has 4 nitrogen and oxygen atoms in total. The molecule has 74 valence electrons. The quantitative estimate of drug-likeness (QED) is 0.719. The molecule has 1 aliphatic heterocycles. The van der Waals surface area contributed by atoms with Gasteiger partial charge in [-0.25, -0.2) is 0 Å². The van der Waals surface area contributed by atoms with Gasteiger partial charge in [-0.15, -0.1) is 11.3 Å². The van der Waals surface area contributed by atoms with Crippen LogP contribution in [0.1, 0.15) is 15.8 Å². The molecule has 0 aromatic carbocycles. The van der Waals surface area contributed by atoms with E-state index in [1.807, 2.05) is 19.1 Å². The van der Waals surface area contributed by atoms with Crippen LogP contribution in [-0.4, -0.2) is 18.9 Å². The molecule has 0 saturated carbocycles. The maximum absolute atomic E-state index is 11.5. The minimum atomic E-state index is -0.271. The smallest absolute Gasteiger partial charge is 0.254 e. The van der Waals surface area contributed by atoms with Crippen molar-refractivity contribution in [1.29, 1.82) is 0 Å². The molecule has 5 heteroatoms. The Bertz CT molecular complexity index is 397. The molecule has 1 unspecified atom stereocenters. The van der Waals surface area contributed by atoms with Gasteiger partial charge in [-0.3, -0.25) is 15.1 Å². The lowest BCUT2D eigenvalue weighted by atomic mass is 10.2. The molecule has 1 amide bonds. The molecule has 2 rings (SSSR count). The number of guanidine groups is 1. The summed E-state index contributed by atoms with van der Waals surface area (Å²) in [7, 11) is 1.64. The van der Waals surface area contributed by atoms with E-state index in [9.17, 15) is 4.79 Å². The lowest BCUT2D eigenvalue weighted by Crippen LogP contribution is -2.24. The summed E-state index contributed by atoms with van der Waals surface area (Å²) in [6, 6.07) is 3.71. The van der Waals surface area contributed by atoms with Crippen LogP contribution in [0.5, 0.6) is 0 Å². The number of nitrogens with one attached hydrogen (secondary N) is 2. The molecule has 0 spiro atoms. The third kappa shape index (κ3) is 1.50. The summed E-state index contributed by atoms with van der Waals surface area (Å²) < 4.78 is 0. The summed E-state index contributed by atoms with van der Waals surface area (Å²) in [5, 5.41) is 5.69. The Morgan fingerprint density at radius 3 is 2.79 bits per heavy atom. The second-order valence-corrected chi connectivity index (χ2v) is 4.41. The number of hydrogen-bond donors (Lipinski definition) is 2. The topological polar surface area (TPSA) is 53.5 Å². The molecule has 14 heavy (non-hydrogen) atoms. The first-order chi connectivity index (χ1) is 6.70. The van der Waals surface area contributed by atoms with Crippen molar-refractivity contribution >= 4 is 23.2 Å². The number of carbonyl (C=O) groups excluding carboxylic acids is 1. The first-order valence-corrected chi connectivity index (χ1v) is 5.13. The lowest BCUT2D eigenvalue weighted by molar-refractivity contribution is -0.120. The van der Waals surface area contributed by atoms with Gasteiger partial charge in [-0.05, 0) is 19.1 Å². The van der Waals surface area contributed by atoms with Crippen molar-refractivity contribution in [3.8, 4) is 0 Å². The van der Waals surface area contributed by atoms with E-state index in [1.54, 1.807) is 18.4 Å². The zero-order valence-electron chi connectivity index (χ0n) is 8.00. The van der Waals surface area contributed by atoms with Crippen LogP contribution in [0.4, 0.5) is 0 Å². The molecule has 0 aliphatic carbocycles. The highest BCUT2D eigenvalue weighted by Crippen LogP contribution is 2.24.